The molecule has 1 aliphatic rings. The van der Waals surface area contributed by atoms with Crippen LogP contribution in [-0.2, 0) is 16.9 Å². The molecule has 1 unspecified atom stereocenters. The van der Waals surface area contributed by atoms with E-state index in [1.54, 1.807) is 52.0 Å². The minimum atomic E-state index is -1.86. The fourth-order valence-corrected chi connectivity index (χ4v) is 6.27. The number of nitrogens with zero attached hydrogens (tertiary/aromatic N) is 4. The van der Waals surface area contributed by atoms with E-state index in [1.165, 1.54) is 5.57 Å². The lowest BCUT2D eigenvalue weighted by Crippen LogP contribution is -2.44. The number of anilines is 3. The molecule has 5 N–H and O–H groups in total. The number of carbonyl (C=O) groups excluding carboxylic acids is 2. The summed E-state index contributed by atoms with van der Waals surface area (Å²) in [6.07, 6.45) is 12.2. The topological polar surface area (TPSA) is 147 Å². The lowest BCUT2D eigenvalue weighted by atomic mass is 9.82. The van der Waals surface area contributed by atoms with E-state index in [4.69, 9.17) is 5.73 Å². The van der Waals surface area contributed by atoms with E-state index in [0.717, 1.165) is 24.0 Å². The standard InChI is InChI=1S/C41H48N6O4/c1-28(2)11-10-12-29(3)22-24-47-38-21-20-34(43-39(49)32-16-18-33(42)19-17-32)25-36(38)41(51,40(47)50)30(4)13-8-9-23-46-26-37(44-45-46)35(27-48)31-14-6-5-7-15-31/h5-8,11,13-22,25-26,30,35,48,51H,9-10,12,23-24,27,42H2,1-4H3,(H,43,49)/b13-8+,29-22+/t30-,35?,41+/m0/s1. The number of hydrogen-bond acceptors (Lipinski definition) is 7. The second-order valence-corrected chi connectivity index (χ2v) is 13.4. The van der Waals surface area contributed by atoms with Crippen LogP contribution in [0.1, 0.15) is 80.1 Å². The zero-order valence-corrected chi connectivity index (χ0v) is 29.8. The number of aromatic nitrogens is 3. The van der Waals surface area contributed by atoms with Crippen molar-refractivity contribution < 1.29 is 19.8 Å². The van der Waals surface area contributed by atoms with Crippen LogP contribution < -0.4 is 16.0 Å². The van der Waals surface area contributed by atoms with Crippen molar-refractivity contribution in [3.8, 4) is 0 Å². The molecule has 266 valence electrons. The first-order valence-electron chi connectivity index (χ1n) is 17.4. The van der Waals surface area contributed by atoms with E-state index in [1.807, 2.05) is 61.7 Å². The highest BCUT2D eigenvalue weighted by Crippen LogP contribution is 2.46. The van der Waals surface area contributed by atoms with E-state index < -0.39 is 17.4 Å². The van der Waals surface area contributed by atoms with Crippen molar-refractivity contribution in [3.05, 3.63) is 137 Å². The quantitative estimate of drug-likeness (QED) is 0.0799. The van der Waals surface area contributed by atoms with E-state index in [9.17, 15) is 19.8 Å². The van der Waals surface area contributed by atoms with Gasteiger partial charge in [0, 0.05) is 47.7 Å². The van der Waals surface area contributed by atoms with Gasteiger partial charge in [-0.2, -0.15) is 0 Å². The maximum Gasteiger partial charge on any atom is 0.264 e. The van der Waals surface area contributed by atoms with E-state index in [0.29, 0.717) is 53.4 Å². The van der Waals surface area contributed by atoms with Gasteiger partial charge in [0.2, 0.25) is 0 Å². The van der Waals surface area contributed by atoms with Crippen LogP contribution in [0.25, 0.3) is 0 Å². The number of nitrogen functional groups attached to an aromatic ring is 1. The molecule has 0 saturated carbocycles. The molecule has 3 atom stereocenters. The van der Waals surface area contributed by atoms with E-state index in [-0.39, 0.29) is 18.4 Å². The molecule has 51 heavy (non-hydrogen) atoms. The van der Waals surface area contributed by atoms with Crippen molar-refractivity contribution in [2.45, 2.75) is 65.0 Å². The Kier molecular flexibility index (Phi) is 12.0. The molecule has 1 aliphatic heterocycles. The Balaban J connectivity index is 1.34. The summed E-state index contributed by atoms with van der Waals surface area (Å²) in [5, 5.41) is 33.8. The minimum Gasteiger partial charge on any atom is -0.399 e. The van der Waals surface area contributed by atoms with Crippen LogP contribution in [0.3, 0.4) is 0 Å². The zero-order valence-electron chi connectivity index (χ0n) is 29.8. The maximum absolute atomic E-state index is 14.2. The van der Waals surface area contributed by atoms with Crippen LogP contribution in [0.4, 0.5) is 17.1 Å². The molecule has 10 heteroatoms. The Morgan fingerprint density at radius 1 is 1.02 bits per heavy atom. The Hall–Kier alpha value is -5.32. The highest BCUT2D eigenvalue weighted by Gasteiger charge is 2.52. The van der Waals surface area contributed by atoms with Gasteiger partial charge in [0.25, 0.3) is 11.8 Å². The van der Waals surface area contributed by atoms with E-state index in [2.05, 4.69) is 42.5 Å². The van der Waals surface area contributed by atoms with Gasteiger partial charge >= 0.3 is 0 Å². The molecule has 0 saturated heterocycles. The lowest BCUT2D eigenvalue weighted by molar-refractivity contribution is -0.139. The first kappa shape index (κ1) is 36.9. The van der Waals surface area contributed by atoms with Crippen molar-refractivity contribution in [2.75, 3.05) is 29.1 Å². The molecule has 1 aromatic heterocycles. The highest BCUT2D eigenvalue weighted by molar-refractivity contribution is 6.09. The predicted octanol–water partition coefficient (Wildman–Crippen LogP) is 6.75. The normalized spacial score (nSPS) is 17.0. The molecule has 10 nitrogen and oxygen atoms in total. The first-order valence-corrected chi connectivity index (χ1v) is 17.4. The summed E-state index contributed by atoms with van der Waals surface area (Å²) in [5.41, 5.74) is 10.5. The molecule has 5 rings (SSSR count). The van der Waals surface area contributed by atoms with Gasteiger partial charge in [-0.3, -0.25) is 14.3 Å². The van der Waals surface area contributed by atoms with Crippen LogP contribution >= 0.6 is 0 Å². The second kappa shape index (κ2) is 16.6. The molecule has 3 aromatic carbocycles. The Labute approximate surface area is 300 Å². The SMILES string of the molecule is CC(C)=CCC/C(C)=C/CN1C(=O)[C@@](O)([C@@H](C)/C=C/CCn2cc(C(CO)c3ccccc3)nn2)c2cc(NC(=O)c3ccc(N)cc3)ccc21. The largest absolute Gasteiger partial charge is 0.399 e. The van der Waals surface area contributed by atoms with Crippen LogP contribution in [0.5, 0.6) is 0 Å². The van der Waals surface area contributed by atoms with Crippen LogP contribution in [0.15, 0.2) is 114 Å². The smallest absolute Gasteiger partial charge is 0.264 e. The van der Waals surface area contributed by atoms with Crippen LogP contribution in [-0.4, -0.2) is 50.2 Å². The van der Waals surface area contributed by atoms with Crippen LogP contribution in [0, 0.1) is 5.92 Å². The summed E-state index contributed by atoms with van der Waals surface area (Å²) in [6.45, 7) is 8.78. The second-order valence-electron chi connectivity index (χ2n) is 13.4. The molecule has 4 aromatic rings. The van der Waals surface area contributed by atoms with Gasteiger partial charge in [-0.15, -0.1) is 5.10 Å². The Morgan fingerprint density at radius 3 is 2.47 bits per heavy atom. The molecular formula is C41H48N6O4. The third kappa shape index (κ3) is 8.71. The molecule has 0 radical (unpaired) electrons. The first-order chi connectivity index (χ1) is 24.5. The average Bonchev–Trinajstić information content (AvgIpc) is 3.67. The molecule has 2 amide bonds. The summed E-state index contributed by atoms with van der Waals surface area (Å²) < 4.78 is 1.73. The van der Waals surface area contributed by atoms with Crippen LogP contribution in [0.2, 0.25) is 0 Å². The average molecular weight is 689 g/mol. The Morgan fingerprint density at radius 2 is 1.76 bits per heavy atom. The third-order valence-electron chi connectivity index (χ3n) is 9.32. The molecule has 2 heterocycles. The van der Waals surface area contributed by atoms with Crippen molar-refractivity contribution in [1.82, 2.24) is 15.0 Å². The lowest BCUT2D eigenvalue weighted by Gasteiger charge is -2.27. The fraction of sp³-hybridized carbons (Fsp3) is 0.317. The third-order valence-corrected chi connectivity index (χ3v) is 9.32. The number of fused-ring (bicyclic) bond motifs is 1. The summed E-state index contributed by atoms with van der Waals surface area (Å²) in [5.74, 6) is -1.60. The van der Waals surface area contributed by atoms with Crippen molar-refractivity contribution in [2.24, 2.45) is 5.92 Å². The number of allylic oxidation sites excluding steroid dienone is 4. The summed E-state index contributed by atoms with van der Waals surface area (Å²) in [7, 11) is 0. The van der Waals surface area contributed by atoms with Gasteiger partial charge < -0.3 is 26.2 Å². The molecular weight excluding hydrogens is 640 g/mol. The van der Waals surface area contributed by atoms with Crippen molar-refractivity contribution >= 4 is 28.9 Å². The molecule has 0 bridgehead atoms. The van der Waals surface area contributed by atoms with Gasteiger partial charge in [-0.25, -0.2) is 0 Å². The van der Waals surface area contributed by atoms with E-state index >= 15 is 0 Å². The number of benzene rings is 3. The summed E-state index contributed by atoms with van der Waals surface area (Å²) in [4.78, 5) is 28.8. The number of aliphatic hydroxyl groups excluding tert-OH is 1. The summed E-state index contributed by atoms with van der Waals surface area (Å²) in [6, 6.07) is 21.5. The number of nitrogens with two attached hydrogens (primary N) is 1. The monoisotopic (exact) mass is 688 g/mol. The number of rotatable bonds is 15. The molecule has 0 aliphatic carbocycles. The number of aliphatic hydroxyl groups is 2. The fourth-order valence-electron chi connectivity index (χ4n) is 6.27. The molecule has 0 spiro atoms. The number of carbonyl (C=O) groups is 2. The van der Waals surface area contributed by atoms with Gasteiger partial charge in [-0.1, -0.05) is 77.9 Å². The number of amides is 2. The van der Waals surface area contributed by atoms with Gasteiger partial charge in [0.1, 0.15) is 0 Å². The minimum absolute atomic E-state index is 0.0801. The summed E-state index contributed by atoms with van der Waals surface area (Å²) >= 11 is 0. The number of nitrogens with one attached hydrogen (secondary N) is 1. The van der Waals surface area contributed by atoms with Crippen molar-refractivity contribution in [3.63, 3.8) is 0 Å². The zero-order chi connectivity index (χ0) is 36.5. The predicted molar refractivity (Wildman–Crippen MR) is 202 cm³/mol. The maximum atomic E-state index is 14.2. The molecule has 0 fully saturated rings. The number of aryl methyl sites for hydroxylation is 1. The van der Waals surface area contributed by atoms with Gasteiger partial charge in [-0.05, 0) is 88.1 Å². The number of hydrogen-bond donors (Lipinski definition) is 4. The van der Waals surface area contributed by atoms with Crippen molar-refractivity contribution in [1.29, 1.82) is 0 Å². The van der Waals surface area contributed by atoms with Gasteiger partial charge in [0.05, 0.1) is 23.9 Å². The Bertz CT molecular complexity index is 1910. The van der Waals surface area contributed by atoms with Gasteiger partial charge in [0.15, 0.2) is 5.60 Å². The highest BCUT2D eigenvalue weighted by atomic mass is 16.3.